The molecule has 3 saturated heterocycles. The molecule has 0 radical (unpaired) electrons. The molecule has 4 nitrogen and oxygen atoms in total. The van der Waals surface area contributed by atoms with E-state index < -0.39 is 35.4 Å². The lowest BCUT2D eigenvalue weighted by atomic mass is 9.58. The summed E-state index contributed by atoms with van der Waals surface area (Å²) >= 11 is 0. The maximum absolute atomic E-state index is 13.1. The zero-order valence-electron chi connectivity index (χ0n) is 11.0. The molecule has 0 spiro atoms. The van der Waals surface area contributed by atoms with Gasteiger partial charge in [-0.1, -0.05) is 6.92 Å². The first-order chi connectivity index (χ1) is 8.72. The first-order valence-electron chi connectivity index (χ1n) is 6.19. The SMILES string of the molecule is COC[C@]1(CO)C(=O)[C@]2(C)CCN1C[C@@H]2C(F)(F)F. The van der Waals surface area contributed by atoms with Crippen molar-refractivity contribution in [2.45, 2.75) is 25.1 Å². The van der Waals surface area contributed by atoms with Gasteiger partial charge in [-0.3, -0.25) is 9.69 Å². The van der Waals surface area contributed by atoms with Crippen molar-refractivity contribution < 1.29 is 27.8 Å². The molecule has 1 N–H and O–H groups in total. The molecular weight excluding hydrogens is 263 g/mol. The van der Waals surface area contributed by atoms with Crippen LogP contribution in [-0.2, 0) is 9.53 Å². The molecule has 4 atom stereocenters. The van der Waals surface area contributed by atoms with Gasteiger partial charge in [0.25, 0.3) is 0 Å². The van der Waals surface area contributed by atoms with Crippen molar-refractivity contribution >= 4 is 5.78 Å². The number of rotatable bonds is 3. The van der Waals surface area contributed by atoms with Gasteiger partial charge in [-0.25, -0.2) is 0 Å². The number of Topliss-reactive ketones (excluding diaryl/α,β-unsaturated/α-hetero) is 1. The predicted molar refractivity (Wildman–Crippen MR) is 60.5 cm³/mol. The molecule has 7 heteroatoms. The number of aliphatic hydroxyl groups excluding tert-OH is 1. The van der Waals surface area contributed by atoms with Crippen LogP contribution in [0.3, 0.4) is 0 Å². The van der Waals surface area contributed by atoms with E-state index >= 15 is 0 Å². The Morgan fingerprint density at radius 3 is 2.63 bits per heavy atom. The summed E-state index contributed by atoms with van der Waals surface area (Å²) in [5.74, 6) is -2.22. The predicted octanol–water partition coefficient (Wildman–Crippen LogP) is 0.837. The average Bonchev–Trinajstić information content (AvgIpc) is 2.33. The number of piperidine rings is 3. The summed E-state index contributed by atoms with van der Waals surface area (Å²) in [5.41, 5.74) is -2.78. The average molecular weight is 281 g/mol. The normalized spacial score (nSPS) is 42.7. The van der Waals surface area contributed by atoms with Crippen molar-refractivity contribution in [1.82, 2.24) is 4.90 Å². The van der Waals surface area contributed by atoms with E-state index in [-0.39, 0.29) is 19.6 Å². The minimum atomic E-state index is -4.40. The van der Waals surface area contributed by atoms with Crippen LogP contribution in [0.5, 0.6) is 0 Å². The Hall–Kier alpha value is -0.660. The second-order valence-electron chi connectivity index (χ2n) is 5.66. The topological polar surface area (TPSA) is 49.8 Å². The van der Waals surface area contributed by atoms with Crippen molar-refractivity contribution in [3.05, 3.63) is 0 Å². The van der Waals surface area contributed by atoms with Crippen LogP contribution < -0.4 is 0 Å². The summed E-state index contributed by atoms with van der Waals surface area (Å²) in [5, 5.41) is 9.54. The van der Waals surface area contributed by atoms with Gasteiger partial charge in [0.05, 0.1) is 19.1 Å². The van der Waals surface area contributed by atoms with E-state index in [0.717, 1.165) is 0 Å². The monoisotopic (exact) mass is 281 g/mol. The Morgan fingerprint density at radius 1 is 1.53 bits per heavy atom. The number of fused-ring (bicyclic) bond motifs is 3. The van der Waals surface area contributed by atoms with Crippen molar-refractivity contribution in [3.63, 3.8) is 0 Å². The van der Waals surface area contributed by atoms with Crippen LogP contribution in [0.4, 0.5) is 13.2 Å². The highest BCUT2D eigenvalue weighted by Gasteiger charge is 2.67. The Kier molecular flexibility index (Phi) is 3.43. The molecular formula is C12H18F3NO3. The Bertz CT molecular complexity index is 387. The van der Waals surface area contributed by atoms with Crippen LogP contribution in [0.25, 0.3) is 0 Å². The minimum absolute atomic E-state index is 0.0809. The van der Waals surface area contributed by atoms with Gasteiger partial charge in [0, 0.05) is 25.6 Å². The fraction of sp³-hybridized carbons (Fsp3) is 0.917. The van der Waals surface area contributed by atoms with Gasteiger partial charge < -0.3 is 9.84 Å². The zero-order valence-corrected chi connectivity index (χ0v) is 11.0. The van der Waals surface area contributed by atoms with Crippen LogP contribution in [0, 0.1) is 11.3 Å². The number of methoxy groups -OCH3 is 1. The molecule has 19 heavy (non-hydrogen) atoms. The Balaban J connectivity index is 2.42. The third-order valence-corrected chi connectivity index (χ3v) is 4.66. The number of ether oxygens (including phenoxy) is 1. The lowest BCUT2D eigenvalue weighted by molar-refractivity contribution is -0.249. The van der Waals surface area contributed by atoms with E-state index in [1.165, 1.54) is 18.9 Å². The van der Waals surface area contributed by atoms with Crippen LogP contribution >= 0.6 is 0 Å². The molecule has 1 unspecified atom stereocenters. The smallest absolute Gasteiger partial charge is 0.393 e. The highest BCUT2D eigenvalue weighted by Crippen LogP contribution is 2.53. The van der Waals surface area contributed by atoms with E-state index in [4.69, 9.17) is 4.74 Å². The number of ketones is 1. The van der Waals surface area contributed by atoms with Gasteiger partial charge in [-0.15, -0.1) is 0 Å². The summed E-state index contributed by atoms with van der Waals surface area (Å²) in [7, 11) is 1.37. The number of carbonyl (C=O) groups is 1. The Morgan fingerprint density at radius 2 is 2.16 bits per heavy atom. The molecule has 3 aliphatic heterocycles. The van der Waals surface area contributed by atoms with Crippen LogP contribution in [-0.4, -0.2) is 60.9 Å². The summed E-state index contributed by atoms with van der Waals surface area (Å²) in [6.45, 7) is 0.890. The lowest BCUT2D eigenvalue weighted by Crippen LogP contribution is -2.76. The van der Waals surface area contributed by atoms with E-state index in [1.54, 1.807) is 0 Å². The summed E-state index contributed by atoms with van der Waals surface area (Å²) in [6, 6.07) is 0. The lowest BCUT2D eigenvalue weighted by Gasteiger charge is -2.59. The fourth-order valence-electron chi connectivity index (χ4n) is 3.47. The van der Waals surface area contributed by atoms with Crippen molar-refractivity contribution in [3.8, 4) is 0 Å². The number of halogens is 3. The minimum Gasteiger partial charge on any atom is -0.394 e. The van der Waals surface area contributed by atoms with Gasteiger partial charge in [-0.05, 0) is 6.42 Å². The third kappa shape index (κ3) is 1.90. The van der Waals surface area contributed by atoms with Crippen molar-refractivity contribution in [2.24, 2.45) is 11.3 Å². The van der Waals surface area contributed by atoms with Crippen molar-refractivity contribution in [2.75, 3.05) is 33.4 Å². The van der Waals surface area contributed by atoms with E-state index in [0.29, 0.717) is 6.54 Å². The molecule has 0 aromatic carbocycles. The molecule has 0 aliphatic carbocycles. The maximum Gasteiger partial charge on any atom is 0.393 e. The Labute approximate surface area is 109 Å². The number of nitrogens with zero attached hydrogens (tertiary/aromatic N) is 1. The first-order valence-corrected chi connectivity index (χ1v) is 6.19. The zero-order chi connectivity index (χ0) is 14.5. The van der Waals surface area contributed by atoms with Gasteiger partial charge in [0.1, 0.15) is 5.54 Å². The molecule has 3 rings (SSSR count). The van der Waals surface area contributed by atoms with Gasteiger partial charge >= 0.3 is 6.18 Å². The number of aliphatic hydroxyl groups is 1. The molecule has 0 aromatic heterocycles. The maximum atomic E-state index is 13.1. The quantitative estimate of drug-likeness (QED) is 0.833. The molecule has 3 fully saturated rings. The van der Waals surface area contributed by atoms with E-state index in [9.17, 15) is 23.1 Å². The standard InChI is InChI=1S/C12H18F3NO3/c1-10-3-4-16(5-8(10)12(13,14)15)11(6-17,7-19-2)9(10)18/h8,17H,3-7H2,1-2H3/t8-,10+,11+/m0/s1. The fourth-order valence-corrected chi connectivity index (χ4v) is 3.47. The number of hydrogen-bond donors (Lipinski definition) is 1. The summed E-state index contributed by atoms with van der Waals surface area (Å²) in [4.78, 5) is 14.0. The highest BCUT2D eigenvalue weighted by molar-refractivity contribution is 5.95. The molecule has 110 valence electrons. The summed E-state index contributed by atoms with van der Waals surface area (Å²) < 4.78 is 44.2. The molecule has 0 amide bonds. The second kappa shape index (κ2) is 4.43. The summed E-state index contributed by atoms with van der Waals surface area (Å²) in [6.07, 6.45) is -4.24. The van der Waals surface area contributed by atoms with Gasteiger partial charge in [0.2, 0.25) is 0 Å². The van der Waals surface area contributed by atoms with Crippen LogP contribution in [0.1, 0.15) is 13.3 Å². The van der Waals surface area contributed by atoms with Gasteiger partial charge in [-0.2, -0.15) is 13.2 Å². The molecule has 3 heterocycles. The molecule has 0 aromatic rings. The largest absolute Gasteiger partial charge is 0.394 e. The number of carbonyl (C=O) groups excluding carboxylic acids is 1. The van der Waals surface area contributed by atoms with E-state index in [1.807, 2.05) is 0 Å². The van der Waals surface area contributed by atoms with Crippen molar-refractivity contribution in [1.29, 1.82) is 0 Å². The van der Waals surface area contributed by atoms with Crippen LogP contribution in [0.2, 0.25) is 0 Å². The van der Waals surface area contributed by atoms with E-state index in [2.05, 4.69) is 0 Å². The highest BCUT2D eigenvalue weighted by atomic mass is 19.4. The third-order valence-electron chi connectivity index (χ3n) is 4.66. The van der Waals surface area contributed by atoms with Gasteiger partial charge in [0.15, 0.2) is 5.78 Å². The molecule has 3 aliphatic rings. The number of hydrogen-bond acceptors (Lipinski definition) is 4. The van der Waals surface area contributed by atoms with Crippen LogP contribution in [0.15, 0.2) is 0 Å². The molecule has 0 saturated carbocycles. The first kappa shape index (κ1) is 14.7. The second-order valence-corrected chi connectivity index (χ2v) is 5.66. The number of alkyl halides is 3. The molecule has 2 bridgehead atoms.